The molecule has 4 aromatic carbocycles. The van der Waals surface area contributed by atoms with Gasteiger partial charge in [-0.05, 0) is 126 Å². The lowest BCUT2D eigenvalue weighted by molar-refractivity contribution is -0.148. The Kier molecular flexibility index (Phi) is 29.5. The molecule has 0 radical (unpaired) electrons. The third kappa shape index (κ3) is 21.9. The highest BCUT2D eigenvalue weighted by Crippen LogP contribution is 2.42. The normalized spacial score (nSPS) is 11.6. The molecule has 0 aromatic heterocycles. The molecule has 0 spiro atoms. The number of carbonyl (C=O) groups is 11. The number of ether oxygens (including phenoxy) is 8. The summed E-state index contributed by atoms with van der Waals surface area (Å²) in [6.07, 6.45) is 1.28. The van der Waals surface area contributed by atoms with Crippen molar-refractivity contribution in [1.29, 1.82) is 0 Å². The second kappa shape index (κ2) is 36.8. The number of esters is 4. The molecule has 90 heavy (non-hydrogen) atoms. The smallest absolute Gasteiger partial charge is 0.333 e. The van der Waals surface area contributed by atoms with Crippen LogP contribution >= 0.6 is 0 Å². The molecule has 1 aliphatic carbocycles. The molecule has 8 bridgehead atoms. The number of fused-ring (bicyclic) bond motifs is 8. The Morgan fingerprint density at radius 3 is 0.733 bits per heavy atom. The molecule has 0 aliphatic heterocycles. The maximum absolute atomic E-state index is 14.4. The molecule has 0 N–H and O–H groups in total. The standard InChI is InChI=1S/C71H86O19/c1-10-17-60(75)45-29-49-37-51-31-46(61(76)18-11-2)33-53(68(51)87-25-22-84-65(80)42-58(73)15-6)39-55-35-48(63(78)20-13-4)36-56(70(55)89-27-28-90-71(82)44(8)9)40-54-34-47(62(77)19-12-3)32-52(69(54)88-26-23-85-66(81)43-59(74)16-7)38-50(30-45)67(49)86-24-21-83-64(79)41-57(72)14-5/h29-36H,8,10-28,37-43H2,1-7,9H3. The average Bonchev–Trinajstić information content (AvgIpc) is 1.08. The molecule has 5 rings (SSSR count). The quantitative estimate of drug-likeness (QED) is 0.00888. The molecule has 0 unspecified atom stereocenters. The van der Waals surface area contributed by atoms with Crippen LogP contribution < -0.4 is 18.9 Å². The molecule has 0 saturated heterocycles. The summed E-state index contributed by atoms with van der Waals surface area (Å²) in [6, 6.07) is 13.5. The Morgan fingerprint density at radius 2 is 0.544 bits per heavy atom. The molecule has 0 fully saturated rings. The fourth-order valence-corrected chi connectivity index (χ4v) is 10.1. The predicted octanol–water partition coefficient (Wildman–Crippen LogP) is 11.7. The Labute approximate surface area is 527 Å². The first-order valence-corrected chi connectivity index (χ1v) is 31.3. The molecule has 4 aromatic rings. The van der Waals surface area contributed by atoms with Gasteiger partial charge in [-0.2, -0.15) is 0 Å². The van der Waals surface area contributed by atoms with Gasteiger partial charge in [-0.1, -0.05) is 55.0 Å². The van der Waals surface area contributed by atoms with E-state index in [2.05, 4.69) is 6.58 Å². The second-order valence-electron chi connectivity index (χ2n) is 22.1. The summed E-state index contributed by atoms with van der Waals surface area (Å²) >= 11 is 0. The zero-order valence-corrected chi connectivity index (χ0v) is 53.5. The van der Waals surface area contributed by atoms with Crippen LogP contribution in [-0.4, -0.2) is 117 Å². The van der Waals surface area contributed by atoms with Gasteiger partial charge in [0, 0.05) is 98.5 Å². The minimum atomic E-state index is -0.754. The molecule has 484 valence electrons. The number of carbonyl (C=O) groups excluding carboxylic acids is 11. The van der Waals surface area contributed by atoms with Gasteiger partial charge in [0.25, 0.3) is 0 Å². The van der Waals surface area contributed by atoms with Crippen molar-refractivity contribution >= 4 is 64.4 Å². The largest absolute Gasteiger partial charge is 0.489 e. The van der Waals surface area contributed by atoms with Crippen LogP contribution in [0.4, 0.5) is 0 Å². The van der Waals surface area contributed by atoms with Crippen molar-refractivity contribution < 1.29 is 90.6 Å². The zero-order chi connectivity index (χ0) is 65.9. The van der Waals surface area contributed by atoms with Gasteiger partial charge < -0.3 is 37.9 Å². The van der Waals surface area contributed by atoms with E-state index in [4.69, 9.17) is 37.9 Å². The maximum atomic E-state index is 14.4. The predicted molar refractivity (Wildman–Crippen MR) is 334 cm³/mol. The summed E-state index contributed by atoms with van der Waals surface area (Å²) in [5, 5.41) is 0. The van der Waals surface area contributed by atoms with Crippen LogP contribution in [0.5, 0.6) is 23.0 Å². The molecule has 0 amide bonds. The summed E-state index contributed by atoms with van der Waals surface area (Å²) in [6.45, 7) is 15.6. The Hall–Kier alpha value is -8.61. The van der Waals surface area contributed by atoms with Crippen LogP contribution in [0.3, 0.4) is 0 Å². The highest BCUT2D eigenvalue weighted by atomic mass is 16.6. The van der Waals surface area contributed by atoms with Crippen LogP contribution in [-0.2, 0) is 78.2 Å². The number of hydrogen-bond acceptors (Lipinski definition) is 19. The lowest BCUT2D eigenvalue weighted by atomic mass is 9.86. The number of ketones is 7. The monoisotopic (exact) mass is 1240 g/mol. The minimum Gasteiger partial charge on any atom is -0.489 e. The third-order valence-electron chi connectivity index (χ3n) is 14.6. The van der Waals surface area contributed by atoms with Gasteiger partial charge in [0.15, 0.2) is 23.1 Å². The van der Waals surface area contributed by atoms with Gasteiger partial charge in [0.1, 0.15) is 112 Å². The van der Waals surface area contributed by atoms with Crippen molar-refractivity contribution in [3.05, 3.63) is 127 Å². The molecule has 0 atom stereocenters. The summed E-state index contributed by atoms with van der Waals surface area (Å²) in [5.74, 6) is -3.76. The van der Waals surface area contributed by atoms with Crippen LogP contribution in [0.15, 0.2) is 60.7 Å². The SMILES string of the molecule is C=C(C)C(=O)OCCOc1c2cc(C(=O)CCC)cc1Cc1cc(C(=O)CCC)cc(c1OCCOC(=O)CC(=O)CC)Cc1cc(C(=O)CCC)cc(c1OCCOC(=O)CC(=O)CC)Cc1cc(C(=O)CCC)cc(c1OCCOC(=O)CC(=O)CC)C2. The first-order chi connectivity index (χ1) is 43.2. The average molecular weight is 1240 g/mol. The lowest BCUT2D eigenvalue weighted by Crippen LogP contribution is -2.18. The van der Waals surface area contributed by atoms with Crippen molar-refractivity contribution in [2.24, 2.45) is 0 Å². The first-order valence-electron chi connectivity index (χ1n) is 31.3. The molecular formula is C71H86O19. The van der Waals surface area contributed by atoms with Gasteiger partial charge >= 0.3 is 23.9 Å². The van der Waals surface area contributed by atoms with Crippen molar-refractivity contribution in [3.8, 4) is 23.0 Å². The van der Waals surface area contributed by atoms with Crippen molar-refractivity contribution in [2.75, 3.05) is 52.9 Å². The van der Waals surface area contributed by atoms with Gasteiger partial charge in [-0.3, -0.25) is 47.9 Å². The van der Waals surface area contributed by atoms with Crippen LogP contribution in [0, 0.1) is 0 Å². The van der Waals surface area contributed by atoms with E-state index in [1.807, 2.05) is 27.7 Å². The summed E-state index contributed by atoms with van der Waals surface area (Å²) in [7, 11) is 0. The van der Waals surface area contributed by atoms with E-state index < -0.39 is 43.1 Å². The fourth-order valence-electron chi connectivity index (χ4n) is 10.1. The molecular weight excluding hydrogens is 1160 g/mol. The van der Waals surface area contributed by atoms with Crippen molar-refractivity contribution in [1.82, 2.24) is 0 Å². The van der Waals surface area contributed by atoms with E-state index in [9.17, 15) is 52.7 Å². The van der Waals surface area contributed by atoms with Crippen molar-refractivity contribution in [3.63, 3.8) is 0 Å². The molecule has 0 saturated carbocycles. The van der Waals surface area contributed by atoms with Gasteiger partial charge in [-0.15, -0.1) is 0 Å². The molecule has 1 aliphatic rings. The first kappa shape index (κ1) is 72.1. The zero-order valence-electron chi connectivity index (χ0n) is 53.5. The topological polar surface area (TPSA) is 262 Å². The molecule has 19 nitrogen and oxygen atoms in total. The summed E-state index contributed by atoms with van der Waals surface area (Å²) < 4.78 is 48.8. The fraction of sp³-hybridized carbons (Fsp3) is 0.479. The van der Waals surface area contributed by atoms with E-state index in [0.717, 1.165) is 0 Å². The number of benzene rings is 4. The second-order valence-corrected chi connectivity index (χ2v) is 22.1. The number of rotatable bonds is 38. The van der Waals surface area contributed by atoms with E-state index in [1.165, 1.54) is 6.92 Å². The number of hydrogen-bond donors (Lipinski definition) is 0. The maximum Gasteiger partial charge on any atom is 0.333 e. The van der Waals surface area contributed by atoms with E-state index >= 15 is 0 Å². The highest BCUT2D eigenvalue weighted by molar-refractivity contribution is 6.00. The van der Waals surface area contributed by atoms with E-state index in [0.29, 0.717) is 92.4 Å². The number of Topliss-reactive ketones (excluding diaryl/α,β-unsaturated/α-hetero) is 7. The third-order valence-corrected chi connectivity index (χ3v) is 14.6. The molecule has 19 heteroatoms. The minimum absolute atomic E-state index is 0.0907. The lowest BCUT2D eigenvalue weighted by Gasteiger charge is -2.25. The highest BCUT2D eigenvalue weighted by Gasteiger charge is 2.28. The van der Waals surface area contributed by atoms with E-state index in [-0.39, 0.29) is 193 Å². The van der Waals surface area contributed by atoms with Crippen molar-refractivity contribution in [2.45, 2.75) is 171 Å². The van der Waals surface area contributed by atoms with Gasteiger partial charge in [0.2, 0.25) is 0 Å². The van der Waals surface area contributed by atoms with Crippen LogP contribution in [0.25, 0.3) is 0 Å². The summed E-state index contributed by atoms with van der Waals surface area (Å²) in [5.41, 5.74) is 4.66. The van der Waals surface area contributed by atoms with Gasteiger partial charge in [0.05, 0.1) is 0 Å². The Morgan fingerprint density at radius 1 is 0.333 bits per heavy atom. The van der Waals surface area contributed by atoms with Gasteiger partial charge in [-0.25, -0.2) is 4.79 Å². The van der Waals surface area contributed by atoms with Crippen LogP contribution in [0.1, 0.15) is 231 Å². The Bertz CT molecular complexity index is 3150. The van der Waals surface area contributed by atoms with E-state index in [1.54, 1.807) is 69.3 Å². The van der Waals surface area contributed by atoms with Crippen LogP contribution in [0.2, 0.25) is 0 Å². The Balaban J connectivity index is 1.97. The summed E-state index contributed by atoms with van der Waals surface area (Å²) in [4.78, 5) is 146. The molecule has 0 heterocycles.